The monoisotopic (exact) mass is 1020 g/mol. The number of benzene rings is 1. The van der Waals surface area contributed by atoms with Crippen molar-refractivity contribution in [2.24, 2.45) is 35.0 Å². The molecule has 0 aliphatic carbocycles. The Labute approximate surface area is 430 Å². The summed E-state index contributed by atoms with van der Waals surface area (Å²) in [5.74, 6) is -9.62. The molecule has 0 radical (unpaired) electrons. The fourth-order valence-electron chi connectivity index (χ4n) is 9.62. The van der Waals surface area contributed by atoms with Crippen LogP contribution >= 0.6 is 0 Å². The minimum absolute atomic E-state index is 0.0136. The maximum Gasteiger partial charge on any atom is 0.329 e. The number of fused-ring (bicyclic) bond motifs is 3. The van der Waals surface area contributed by atoms with Crippen LogP contribution in [0.25, 0.3) is 0 Å². The lowest BCUT2D eigenvalue weighted by Crippen LogP contribution is -2.61. The van der Waals surface area contributed by atoms with Gasteiger partial charge in [0.05, 0.1) is 38.6 Å². The number of amides is 1. The highest BCUT2D eigenvalue weighted by atomic mass is 16.6. The van der Waals surface area contributed by atoms with Crippen molar-refractivity contribution in [3.05, 3.63) is 71.4 Å². The molecule has 0 aromatic heterocycles. The van der Waals surface area contributed by atoms with E-state index in [2.05, 4.69) is 0 Å². The first-order valence-electron chi connectivity index (χ1n) is 25.6. The van der Waals surface area contributed by atoms with Crippen LogP contribution in [0.3, 0.4) is 0 Å². The first-order valence-corrected chi connectivity index (χ1v) is 25.6. The lowest BCUT2D eigenvalue weighted by molar-refractivity contribution is -0.265. The molecule has 3 aliphatic rings. The average molecular weight is 1020 g/mol. The normalized spacial score (nSPS) is 31.4. The fourth-order valence-corrected chi connectivity index (χ4v) is 9.62. The van der Waals surface area contributed by atoms with E-state index in [4.69, 9.17) is 28.4 Å². The summed E-state index contributed by atoms with van der Waals surface area (Å²) >= 11 is 0. The number of rotatable bonds is 10. The molecule has 1 amide bonds. The lowest BCUT2D eigenvalue weighted by Gasteiger charge is -2.42. The van der Waals surface area contributed by atoms with Crippen LogP contribution in [-0.2, 0) is 54.1 Å². The van der Waals surface area contributed by atoms with E-state index in [1.54, 1.807) is 59.9 Å². The summed E-state index contributed by atoms with van der Waals surface area (Å²) in [5.41, 5.74) is 0.133. The molecular formula is C56H81NO16. The zero-order valence-electron chi connectivity index (χ0n) is 44.7. The number of methoxy groups -OCH3 is 3. The molecule has 3 heterocycles. The zero-order chi connectivity index (χ0) is 54.4. The van der Waals surface area contributed by atoms with Crippen LogP contribution in [0.2, 0.25) is 0 Å². The van der Waals surface area contributed by atoms with Gasteiger partial charge in [-0.2, -0.15) is 0 Å². The number of cyclic esters (lactones) is 1. The van der Waals surface area contributed by atoms with E-state index in [0.29, 0.717) is 37.7 Å². The van der Waals surface area contributed by atoms with Crippen LogP contribution in [0.15, 0.2) is 65.8 Å². The molecule has 17 heteroatoms. The van der Waals surface area contributed by atoms with Gasteiger partial charge in [-0.15, -0.1) is 0 Å². The summed E-state index contributed by atoms with van der Waals surface area (Å²) in [5, 5.41) is 43.0. The van der Waals surface area contributed by atoms with Gasteiger partial charge in [0, 0.05) is 51.4 Å². The summed E-state index contributed by atoms with van der Waals surface area (Å²) in [6, 6.07) is 3.49. The highest BCUT2D eigenvalue weighted by Gasteiger charge is 2.53. The highest BCUT2D eigenvalue weighted by molar-refractivity contribution is 6.39. The Balaban J connectivity index is 1.74. The highest BCUT2D eigenvalue weighted by Crippen LogP contribution is 2.37. The van der Waals surface area contributed by atoms with Gasteiger partial charge in [-0.25, -0.2) is 4.79 Å². The third-order valence-electron chi connectivity index (χ3n) is 14.8. The fraction of sp³-hybridized carbons (Fsp3) is 0.643. The number of Topliss-reactive ketones (excluding diaryl/α,β-unsaturated/α-hetero) is 3. The minimum Gasteiger partial charge on any atom is -0.493 e. The van der Waals surface area contributed by atoms with Gasteiger partial charge in [0.25, 0.3) is 11.7 Å². The van der Waals surface area contributed by atoms with E-state index < -0.39 is 114 Å². The van der Waals surface area contributed by atoms with E-state index in [1.165, 1.54) is 27.2 Å². The number of allylic oxidation sites excluding steroid dienone is 6. The second-order valence-electron chi connectivity index (χ2n) is 20.8. The van der Waals surface area contributed by atoms with Crippen LogP contribution in [0.4, 0.5) is 0 Å². The van der Waals surface area contributed by atoms with E-state index in [9.17, 15) is 49.2 Å². The second kappa shape index (κ2) is 27.6. The molecular weight excluding hydrogens is 943 g/mol. The largest absolute Gasteiger partial charge is 0.493 e. The Hall–Kier alpha value is -4.88. The number of carbonyl (C=O) groups excluding carboxylic acids is 6. The third-order valence-corrected chi connectivity index (χ3v) is 14.8. The summed E-state index contributed by atoms with van der Waals surface area (Å²) in [7, 11) is 4.28. The van der Waals surface area contributed by atoms with Crippen molar-refractivity contribution in [3.8, 4) is 11.5 Å². The lowest BCUT2D eigenvalue weighted by atomic mass is 9.85. The predicted octanol–water partition coefficient (Wildman–Crippen LogP) is 5.76. The maximum atomic E-state index is 14.5. The van der Waals surface area contributed by atoms with Gasteiger partial charge in [0.1, 0.15) is 23.7 Å². The zero-order valence-corrected chi connectivity index (χ0v) is 44.7. The van der Waals surface area contributed by atoms with Crippen LogP contribution in [0, 0.1) is 35.0 Å². The van der Waals surface area contributed by atoms with Gasteiger partial charge in [-0.05, 0) is 106 Å². The molecule has 2 fully saturated rings. The molecule has 73 heavy (non-hydrogen) atoms. The van der Waals surface area contributed by atoms with Crippen LogP contribution in [0.5, 0.6) is 11.5 Å². The molecule has 4 N–H and O–H groups in total. The van der Waals surface area contributed by atoms with Crippen molar-refractivity contribution >= 4 is 35.2 Å². The Morgan fingerprint density at radius 1 is 0.918 bits per heavy atom. The van der Waals surface area contributed by atoms with Gasteiger partial charge < -0.3 is 53.7 Å². The standard InChI is InChI=1S/C56H81NO16/c1-33-17-13-12-14-18-34(2)45(68-9)29-41-22-20-39(7)56(67,73-41)51(63)52(64)57-24-16-15-19-42(57)53(65)71-46(30-43(60)35(3)26-38(6)49(62)50(70-11)48(61)37(5)25-33)36(4)27-40-21-23-44(47(28-40)69-10)72-54(66)55(8,31-58)32-59/h12-14,17-18,21,23,26,28,33,36-39,41-42,45-46,49-50,58-59,62,67H,15-16,19-20,22,24-25,27,29-32H2,1-11H3/b14-12?,17-13?,34-18?,35-26-. The smallest absolute Gasteiger partial charge is 0.329 e. The molecule has 4 rings (SSSR count). The molecule has 1 aromatic rings. The van der Waals surface area contributed by atoms with Crippen LogP contribution in [0.1, 0.15) is 112 Å². The topological polar surface area (TPSA) is 242 Å². The minimum atomic E-state index is -2.49. The number of hydrogen-bond acceptors (Lipinski definition) is 16. The molecule has 406 valence electrons. The number of esters is 2. The number of ketones is 3. The molecule has 0 spiro atoms. The van der Waals surface area contributed by atoms with Crippen molar-refractivity contribution in [3.63, 3.8) is 0 Å². The number of ether oxygens (including phenoxy) is 6. The molecule has 2 bridgehead atoms. The Morgan fingerprint density at radius 2 is 1.62 bits per heavy atom. The predicted molar refractivity (Wildman–Crippen MR) is 271 cm³/mol. The molecule has 2 saturated heterocycles. The van der Waals surface area contributed by atoms with Crippen molar-refractivity contribution < 1.29 is 77.6 Å². The second-order valence-corrected chi connectivity index (χ2v) is 20.8. The van der Waals surface area contributed by atoms with Crippen LogP contribution in [-0.4, -0.2) is 144 Å². The van der Waals surface area contributed by atoms with Crippen LogP contribution < -0.4 is 9.47 Å². The number of carbonyl (C=O) groups is 6. The summed E-state index contributed by atoms with van der Waals surface area (Å²) in [4.78, 5) is 85.1. The van der Waals surface area contributed by atoms with Gasteiger partial charge in [0.15, 0.2) is 23.1 Å². The van der Waals surface area contributed by atoms with Gasteiger partial charge in [-0.3, -0.25) is 24.0 Å². The van der Waals surface area contributed by atoms with Gasteiger partial charge >= 0.3 is 11.9 Å². The molecule has 0 saturated carbocycles. The Kier molecular flexibility index (Phi) is 22.9. The van der Waals surface area contributed by atoms with Crippen molar-refractivity contribution in [2.75, 3.05) is 41.1 Å². The van der Waals surface area contributed by atoms with E-state index >= 15 is 0 Å². The third kappa shape index (κ3) is 15.6. The molecule has 3 aliphatic heterocycles. The SMILES string of the molecule is COc1cc(CC(C)C2CC(=O)/C(C)=C\C(C)C(O)C(OC)C(=O)C(C)CC(C)C=CC=CC=C(C)C(OC)CC3CCC(C)C(O)(O3)C(=O)C(=O)N3CCCCC3C(=O)O2)ccc1OC(=O)C(C)(CO)CO. The Morgan fingerprint density at radius 3 is 2.26 bits per heavy atom. The Bertz CT molecular complexity index is 2210. The van der Waals surface area contributed by atoms with E-state index in [0.717, 1.165) is 10.5 Å². The van der Waals surface area contributed by atoms with E-state index in [-0.39, 0.29) is 61.0 Å². The quantitative estimate of drug-likeness (QED) is 0.124. The summed E-state index contributed by atoms with van der Waals surface area (Å²) in [6.07, 6.45) is 8.90. The van der Waals surface area contributed by atoms with Crippen molar-refractivity contribution in [2.45, 2.75) is 156 Å². The molecule has 12 unspecified atom stereocenters. The van der Waals surface area contributed by atoms with Crippen molar-refractivity contribution in [1.82, 2.24) is 4.90 Å². The first-order chi connectivity index (χ1) is 34.5. The van der Waals surface area contributed by atoms with Gasteiger partial charge in [0.2, 0.25) is 5.79 Å². The molecule has 12 atom stereocenters. The number of aliphatic hydroxyl groups excluding tert-OH is 3. The first kappa shape index (κ1) is 60.7. The van der Waals surface area contributed by atoms with E-state index in [1.807, 2.05) is 44.2 Å². The van der Waals surface area contributed by atoms with Gasteiger partial charge in [-0.1, -0.05) is 77.1 Å². The number of hydrogen-bond donors (Lipinski definition) is 4. The average Bonchev–Trinajstić information content (AvgIpc) is 3.37. The maximum absolute atomic E-state index is 14.5. The number of aliphatic hydroxyl groups is 4. The molecule has 1 aromatic carbocycles. The number of piperidine rings is 1. The summed E-state index contributed by atoms with van der Waals surface area (Å²) in [6.45, 7) is 12.4. The van der Waals surface area contributed by atoms with Crippen molar-refractivity contribution in [1.29, 1.82) is 0 Å². The molecule has 17 nitrogen and oxygen atoms in total. The summed E-state index contributed by atoms with van der Waals surface area (Å²) < 4.78 is 34.8. The number of nitrogens with zero attached hydrogens (tertiary/aromatic N) is 1.